The highest BCUT2D eigenvalue weighted by Crippen LogP contribution is 2.19. The number of unbranched alkanes of at least 4 members (excludes halogenated alkanes) is 1. The van der Waals surface area contributed by atoms with Crippen molar-refractivity contribution in [3.63, 3.8) is 0 Å². The molecule has 0 spiro atoms. The number of hydrogen-bond donors (Lipinski definition) is 7. The van der Waals surface area contributed by atoms with Crippen molar-refractivity contribution in [1.29, 1.82) is 0 Å². The van der Waals surface area contributed by atoms with E-state index in [1.807, 2.05) is 24.3 Å². The van der Waals surface area contributed by atoms with Crippen LogP contribution in [0.15, 0.2) is 54.7 Å². The van der Waals surface area contributed by atoms with E-state index < -0.39 is 35.9 Å². The van der Waals surface area contributed by atoms with Gasteiger partial charge in [-0.25, -0.2) is 4.79 Å². The van der Waals surface area contributed by atoms with Gasteiger partial charge in [0.1, 0.15) is 17.8 Å². The van der Waals surface area contributed by atoms with Gasteiger partial charge in [-0.1, -0.05) is 30.3 Å². The number of aromatic nitrogens is 1. The van der Waals surface area contributed by atoms with E-state index in [1.54, 1.807) is 18.3 Å². The molecule has 0 bridgehead atoms. The van der Waals surface area contributed by atoms with Crippen molar-refractivity contribution in [2.75, 3.05) is 6.54 Å². The van der Waals surface area contributed by atoms with Crippen molar-refractivity contribution in [1.82, 2.24) is 15.6 Å². The summed E-state index contributed by atoms with van der Waals surface area (Å²) in [4.78, 5) is 40.9. The molecule has 9 N–H and O–H groups in total. The standard InChI is InChI=1S/C26H33N5O5/c27-12-4-3-7-22(30-24(33)20(28)13-16-8-10-18(32)11-9-16)25(34)31-23(26(35)36)14-17-15-29-21-6-2-1-5-19(17)21/h1-2,5-6,8-11,15,20,22-23,29,32H,3-4,7,12-14,27-28H2,(H,30,33)(H,31,34)(H,35,36)/t20-,22+,23+/m1/s1. The van der Waals surface area contributed by atoms with Gasteiger partial charge >= 0.3 is 5.97 Å². The number of benzene rings is 2. The molecule has 0 aliphatic carbocycles. The third-order valence-electron chi connectivity index (χ3n) is 6.02. The molecule has 2 amide bonds. The number of carbonyl (C=O) groups excluding carboxylic acids is 2. The van der Waals surface area contributed by atoms with E-state index in [9.17, 15) is 24.6 Å². The Bertz CT molecular complexity index is 1180. The molecule has 2 aromatic carbocycles. The van der Waals surface area contributed by atoms with Gasteiger partial charge in [-0.05, 0) is 61.6 Å². The van der Waals surface area contributed by atoms with Gasteiger partial charge in [0.25, 0.3) is 0 Å². The summed E-state index contributed by atoms with van der Waals surface area (Å²) in [5.74, 6) is -2.19. The van der Waals surface area contributed by atoms with Crippen molar-refractivity contribution >= 4 is 28.7 Å². The number of nitrogens with one attached hydrogen (secondary N) is 3. The van der Waals surface area contributed by atoms with Gasteiger partial charge < -0.3 is 37.3 Å². The Morgan fingerprint density at radius 3 is 2.31 bits per heavy atom. The van der Waals surface area contributed by atoms with Gasteiger partial charge in [-0.2, -0.15) is 0 Å². The van der Waals surface area contributed by atoms with E-state index in [1.165, 1.54) is 12.1 Å². The molecule has 1 heterocycles. The van der Waals surface area contributed by atoms with E-state index in [0.29, 0.717) is 25.8 Å². The molecule has 10 nitrogen and oxygen atoms in total. The summed E-state index contributed by atoms with van der Waals surface area (Å²) in [5.41, 5.74) is 14.0. The van der Waals surface area contributed by atoms with Crippen LogP contribution in [0.5, 0.6) is 5.75 Å². The van der Waals surface area contributed by atoms with E-state index >= 15 is 0 Å². The summed E-state index contributed by atoms with van der Waals surface area (Å²) in [6.45, 7) is 0.432. The van der Waals surface area contributed by atoms with Crippen molar-refractivity contribution in [3.05, 3.63) is 65.9 Å². The second-order valence-electron chi connectivity index (χ2n) is 8.79. The van der Waals surface area contributed by atoms with Crippen molar-refractivity contribution in [2.24, 2.45) is 11.5 Å². The predicted molar refractivity (Wildman–Crippen MR) is 136 cm³/mol. The number of amides is 2. The number of phenols is 1. The number of aliphatic carboxylic acids is 1. The van der Waals surface area contributed by atoms with Gasteiger partial charge in [0.15, 0.2) is 0 Å². The lowest BCUT2D eigenvalue weighted by molar-refractivity contribution is -0.142. The van der Waals surface area contributed by atoms with Crippen LogP contribution in [-0.4, -0.2) is 57.7 Å². The molecule has 0 radical (unpaired) electrons. The molecule has 3 aromatic rings. The maximum absolute atomic E-state index is 13.1. The molecule has 10 heteroatoms. The zero-order valence-corrected chi connectivity index (χ0v) is 19.9. The summed E-state index contributed by atoms with van der Waals surface area (Å²) < 4.78 is 0. The van der Waals surface area contributed by atoms with E-state index in [0.717, 1.165) is 22.0 Å². The highest BCUT2D eigenvalue weighted by atomic mass is 16.4. The smallest absolute Gasteiger partial charge is 0.326 e. The fraction of sp³-hybridized carbons (Fsp3) is 0.346. The van der Waals surface area contributed by atoms with Crippen LogP contribution < -0.4 is 22.1 Å². The fourth-order valence-electron chi connectivity index (χ4n) is 4.01. The van der Waals surface area contributed by atoms with Gasteiger partial charge in [0.2, 0.25) is 11.8 Å². The zero-order valence-electron chi connectivity index (χ0n) is 19.9. The third kappa shape index (κ3) is 7.30. The Balaban J connectivity index is 1.67. The number of carboxylic acids is 1. The van der Waals surface area contributed by atoms with Crippen molar-refractivity contribution in [2.45, 2.75) is 50.2 Å². The van der Waals surface area contributed by atoms with Gasteiger partial charge in [-0.3, -0.25) is 9.59 Å². The van der Waals surface area contributed by atoms with Crippen LogP contribution in [0.2, 0.25) is 0 Å². The molecule has 3 atom stereocenters. The predicted octanol–water partition coefficient (Wildman–Crippen LogP) is 1.17. The number of para-hydroxylation sites is 1. The topological polar surface area (TPSA) is 184 Å². The average Bonchev–Trinajstić information content (AvgIpc) is 3.27. The molecule has 0 aliphatic rings. The quantitative estimate of drug-likeness (QED) is 0.174. The molecule has 0 saturated heterocycles. The minimum atomic E-state index is -1.18. The minimum absolute atomic E-state index is 0.0783. The average molecular weight is 496 g/mol. The van der Waals surface area contributed by atoms with Crippen LogP contribution >= 0.6 is 0 Å². The summed E-state index contributed by atoms with van der Waals surface area (Å²) in [6, 6.07) is 10.8. The Morgan fingerprint density at radius 2 is 1.61 bits per heavy atom. The number of aromatic amines is 1. The first-order valence-corrected chi connectivity index (χ1v) is 11.9. The summed E-state index contributed by atoms with van der Waals surface area (Å²) in [7, 11) is 0. The second-order valence-corrected chi connectivity index (χ2v) is 8.79. The van der Waals surface area contributed by atoms with Crippen molar-refractivity contribution in [3.8, 4) is 5.75 Å². The number of fused-ring (bicyclic) bond motifs is 1. The van der Waals surface area contributed by atoms with Crippen LogP contribution in [0, 0.1) is 0 Å². The summed E-state index contributed by atoms with van der Waals surface area (Å²) >= 11 is 0. The van der Waals surface area contributed by atoms with Gasteiger partial charge in [-0.15, -0.1) is 0 Å². The van der Waals surface area contributed by atoms with Crippen LogP contribution in [0.4, 0.5) is 0 Å². The first-order valence-electron chi connectivity index (χ1n) is 11.9. The molecule has 1 aromatic heterocycles. The number of H-pyrrole nitrogens is 1. The maximum atomic E-state index is 13.1. The Hall–Kier alpha value is -3.89. The van der Waals surface area contributed by atoms with Gasteiger partial charge in [0, 0.05) is 23.5 Å². The molecule has 192 valence electrons. The highest BCUT2D eigenvalue weighted by molar-refractivity contribution is 5.92. The normalized spacial score (nSPS) is 13.6. The number of aromatic hydroxyl groups is 1. The number of carboxylic acid groups (broad SMARTS) is 1. The third-order valence-corrected chi connectivity index (χ3v) is 6.02. The molecule has 0 saturated carbocycles. The number of phenolic OH excluding ortho intramolecular Hbond substituents is 1. The lowest BCUT2D eigenvalue weighted by Gasteiger charge is -2.23. The number of carbonyl (C=O) groups is 3. The first kappa shape index (κ1) is 26.7. The highest BCUT2D eigenvalue weighted by Gasteiger charge is 2.28. The molecular weight excluding hydrogens is 462 g/mol. The van der Waals surface area contributed by atoms with Crippen LogP contribution in [0.3, 0.4) is 0 Å². The fourth-order valence-corrected chi connectivity index (χ4v) is 4.01. The largest absolute Gasteiger partial charge is 0.508 e. The van der Waals surface area contributed by atoms with E-state index in [2.05, 4.69) is 15.6 Å². The monoisotopic (exact) mass is 495 g/mol. The van der Waals surface area contributed by atoms with Gasteiger partial charge in [0.05, 0.1) is 6.04 Å². The van der Waals surface area contributed by atoms with Crippen molar-refractivity contribution < 1.29 is 24.6 Å². The molecule has 36 heavy (non-hydrogen) atoms. The number of nitrogens with two attached hydrogens (primary N) is 2. The van der Waals surface area contributed by atoms with E-state index in [4.69, 9.17) is 11.5 Å². The summed E-state index contributed by atoms with van der Waals surface area (Å²) in [5, 5.41) is 25.3. The van der Waals surface area contributed by atoms with Crippen LogP contribution in [0.1, 0.15) is 30.4 Å². The Kier molecular flexibility index (Phi) is 9.43. The lowest BCUT2D eigenvalue weighted by Crippen LogP contribution is -2.55. The Labute approximate surface area is 209 Å². The van der Waals surface area contributed by atoms with Crippen LogP contribution in [0.25, 0.3) is 10.9 Å². The maximum Gasteiger partial charge on any atom is 0.326 e. The van der Waals surface area contributed by atoms with E-state index in [-0.39, 0.29) is 18.6 Å². The Morgan fingerprint density at radius 1 is 0.917 bits per heavy atom. The molecule has 3 rings (SSSR count). The second kappa shape index (κ2) is 12.7. The SMILES string of the molecule is NCCCC[C@H](NC(=O)[C@H](N)Cc1ccc(O)cc1)C(=O)N[C@@H](Cc1c[nH]c2ccccc12)C(=O)O. The molecule has 0 unspecified atom stereocenters. The number of rotatable bonds is 13. The van der Waals surface area contributed by atoms with Crippen LogP contribution in [-0.2, 0) is 27.2 Å². The number of hydrogen-bond acceptors (Lipinski definition) is 6. The zero-order chi connectivity index (χ0) is 26.1. The first-order chi connectivity index (χ1) is 17.3. The molecule has 0 fully saturated rings. The minimum Gasteiger partial charge on any atom is -0.508 e. The summed E-state index contributed by atoms with van der Waals surface area (Å²) in [6.07, 6.45) is 3.53. The molecular formula is C26H33N5O5. The molecule has 0 aliphatic heterocycles. The lowest BCUT2D eigenvalue weighted by atomic mass is 10.0.